The molecule has 0 saturated heterocycles. The van der Waals surface area contributed by atoms with Crippen LogP contribution in [0.5, 0.6) is 0 Å². The number of carbonyl (C=O) groups is 1. The molecule has 0 atom stereocenters. The van der Waals surface area contributed by atoms with Gasteiger partial charge in [-0.25, -0.2) is 4.39 Å². The fourth-order valence-electron chi connectivity index (χ4n) is 1.78. The molecule has 0 fully saturated rings. The molecule has 3 nitrogen and oxygen atoms in total. The van der Waals surface area contributed by atoms with Gasteiger partial charge >= 0.3 is 0 Å². The van der Waals surface area contributed by atoms with E-state index in [-0.39, 0.29) is 18.3 Å². The number of halogens is 2. The molecule has 0 radical (unpaired) electrons. The molecule has 1 rings (SSSR count). The average molecular weight is 317 g/mol. The number of nitrogens with two attached hydrogens (primary N) is 1. The molecule has 0 saturated carbocycles. The van der Waals surface area contributed by atoms with Gasteiger partial charge in [-0.15, -0.1) is 0 Å². The van der Waals surface area contributed by atoms with Crippen molar-refractivity contribution in [2.75, 3.05) is 13.1 Å². The Morgan fingerprint density at radius 1 is 1.44 bits per heavy atom. The van der Waals surface area contributed by atoms with Crippen LogP contribution in [0.4, 0.5) is 4.39 Å². The monoisotopic (exact) mass is 316 g/mol. The molecule has 0 aliphatic carbocycles. The minimum absolute atomic E-state index is 0.203. The first-order valence-corrected chi connectivity index (χ1v) is 6.76. The van der Waals surface area contributed by atoms with Crippen LogP contribution in [0.3, 0.4) is 0 Å². The molecule has 0 spiro atoms. The summed E-state index contributed by atoms with van der Waals surface area (Å²) in [6.07, 6.45) is 2.03. The highest BCUT2D eigenvalue weighted by Gasteiger charge is 2.09. The van der Waals surface area contributed by atoms with Crippen LogP contribution in [-0.2, 0) is 11.3 Å². The molecule has 0 aliphatic heterocycles. The summed E-state index contributed by atoms with van der Waals surface area (Å²) in [5.74, 6) is -0.643. The van der Waals surface area contributed by atoms with E-state index in [2.05, 4.69) is 22.9 Å². The number of amides is 1. The number of hydrogen-bond acceptors (Lipinski definition) is 2. The number of benzene rings is 1. The van der Waals surface area contributed by atoms with Crippen LogP contribution >= 0.6 is 15.9 Å². The first kappa shape index (κ1) is 15.1. The van der Waals surface area contributed by atoms with E-state index in [9.17, 15) is 9.18 Å². The van der Waals surface area contributed by atoms with Crippen molar-refractivity contribution in [3.05, 3.63) is 34.1 Å². The molecule has 0 heterocycles. The van der Waals surface area contributed by atoms with E-state index in [0.717, 1.165) is 24.9 Å². The molecule has 1 amide bonds. The molecule has 0 aromatic heterocycles. The largest absolute Gasteiger partial charge is 0.369 e. The average Bonchev–Trinajstić information content (AvgIpc) is 2.23. The quantitative estimate of drug-likeness (QED) is 0.840. The van der Waals surface area contributed by atoms with Crippen molar-refractivity contribution < 1.29 is 9.18 Å². The van der Waals surface area contributed by atoms with Crippen LogP contribution in [0.2, 0.25) is 0 Å². The van der Waals surface area contributed by atoms with E-state index in [1.807, 2.05) is 11.0 Å². The van der Waals surface area contributed by atoms with Crippen molar-refractivity contribution in [3.63, 3.8) is 0 Å². The Labute approximate surface area is 115 Å². The third kappa shape index (κ3) is 5.60. The highest BCUT2D eigenvalue weighted by Crippen LogP contribution is 2.16. The summed E-state index contributed by atoms with van der Waals surface area (Å²) < 4.78 is 14.0. The molecule has 2 N–H and O–H groups in total. The fraction of sp³-hybridized carbons (Fsp3) is 0.462. The first-order chi connectivity index (χ1) is 8.51. The maximum atomic E-state index is 13.3. The molecule has 1 aromatic carbocycles. The lowest BCUT2D eigenvalue weighted by atomic mass is 10.2. The number of rotatable bonds is 7. The van der Waals surface area contributed by atoms with E-state index < -0.39 is 0 Å². The minimum atomic E-state index is -0.360. The molecule has 18 heavy (non-hydrogen) atoms. The second kappa shape index (κ2) is 7.48. The third-order valence-electron chi connectivity index (χ3n) is 2.54. The van der Waals surface area contributed by atoms with Gasteiger partial charge in [-0.2, -0.15) is 0 Å². The summed E-state index contributed by atoms with van der Waals surface area (Å²) in [6, 6.07) is 4.74. The molecule has 1 aromatic rings. The molecule has 5 heteroatoms. The molecular formula is C13H18BrFN2O. The Morgan fingerprint density at radius 2 is 2.17 bits per heavy atom. The Hall–Kier alpha value is -0.940. The van der Waals surface area contributed by atoms with Crippen molar-refractivity contribution in [1.82, 2.24) is 4.90 Å². The topological polar surface area (TPSA) is 46.3 Å². The Bertz CT molecular complexity index is 392. The number of carbonyl (C=O) groups excluding carboxylic acids is 1. The number of nitrogens with zero attached hydrogens (tertiary/aromatic N) is 1. The van der Waals surface area contributed by atoms with Gasteiger partial charge < -0.3 is 5.73 Å². The predicted octanol–water partition coefficient (Wildman–Crippen LogP) is 2.68. The van der Waals surface area contributed by atoms with Crippen molar-refractivity contribution in [2.24, 2.45) is 5.73 Å². The highest BCUT2D eigenvalue weighted by atomic mass is 79.9. The highest BCUT2D eigenvalue weighted by molar-refractivity contribution is 9.10. The van der Waals surface area contributed by atoms with Gasteiger partial charge in [0.1, 0.15) is 5.82 Å². The number of unbranched alkanes of at least 4 members (excludes halogenated alkanes) is 1. The summed E-state index contributed by atoms with van der Waals surface area (Å²) in [5.41, 5.74) is 6.05. The Kier molecular flexibility index (Phi) is 6.29. The zero-order valence-electron chi connectivity index (χ0n) is 10.5. The third-order valence-corrected chi connectivity index (χ3v) is 2.99. The van der Waals surface area contributed by atoms with Crippen LogP contribution in [0.1, 0.15) is 25.3 Å². The summed E-state index contributed by atoms with van der Waals surface area (Å²) in [4.78, 5) is 12.9. The summed E-state index contributed by atoms with van der Waals surface area (Å²) in [7, 11) is 0. The van der Waals surface area contributed by atoms with Gasteiger partial charge in [0.2, 0.25) is 5.91 Å². The van der Waals surface area contributed by atoms with Crippen molar-refractivity contribution in [2.45, 2.75) is 26.3 Å². The Morgan fingerprint density at radius 3 is 2.72 bits per heavy atom. The maximum absolute atomic E-state index is 13.3. The van der Waals surface area contributed by atoms with E-state index in [1.165, 1.54) is 12.1 Å². The van der Waals surface area contributed by atoms with Crippen molar-refractivity contribution in [3.8, 4) is 0 Å². The zero-order valence-corrected chi connectivity index (χ0v) is 12.0. The standard InChI is InChI=1S/C13H18BrFN2O/c1-2-3-4-17(9-13(16)18)8-10-5-11(14)7-12(15)6-10/h5-7H,2-4,8-9H2,1H3,(H2,16,18). The fourth-order valence-corrected chi connectivity index (χ4v) is 2.29. The normalized spacial score (nSPS) is 10.9. The van der Waals surface area contributed by atoms with Gasteiger partial charge in [-0.3, -0.25) is 9.69 Å². The molecular weight excluding hydrogens is 299 g/mol. The van der Waals surface area contributed by atoms with Gasteiger partial charge in [0.15, 0.2) is 0 Å². The smallest absolute Gasteiger partial charge is 0.231 e. The number of hydrogen-bond donors (Lipinski definition) is 1. The summed E-state index contributed by atoms with van der Waals surface area (Å²) >= 11 is 3.26. The molecule has 100 valence electrons. The van der Waals surface area contributed by atoms with Crippen LogP contribution in [0.15, 0.2) is 22.7 Å². The first-order valence-electron chi connectivity index (χ1n) is 5.97. The second-order valence-corrected chi connectivity index (χ2v) is 5.22. The van der Waals surface area contributed by atoms with E-state index in [0.29, 0.717) is 11.0 Å². The van der Waals surface area contributed by atoms with Crippen LogP contribution in [0, 0.1) is 5.82 Å². The molecule has 0 bridgehead atoms. The van der Waals surface area contributed by atoms with E-state index in [4.69, 9.17) is 5.73 Å². The summed E-state index contributed by atoms with van der Waals surface area (Å²) in [6.45, 7) is 3.60. The minimum Gasteiger partial charge on any atom is -0.369 e. The zero-order chi connectivity index (χ0) is 13.5. The van der Waals surface area contributed by atoms with Crippen LogP contribution in [0.25, 0.3) is 0 Å². The lowest BCUT2D eigenvalue weighted by molar-refractivity contribution is -0.119. The van der Waals surface area contributed by atoms with Crippen molar-refractivity contribution in [1.29, 1.82) is 0 Å². The predicted molar refractivity (Wildman–Crippen MR) is 73.5 cm³/mol. The number of primary amides is 1. The Balaban J connectivity index is 2.71. The van der Waals surface area contributed by atoms with Crippen LogP contribution in [-0.4, -0.2) is 23.9 Å². The van der Waals surface area contributed by atoms with Crippen molar-refractivity contribution >= 4 is 21.8 Å². The van der Waals surface area contributed by atoms with Gasteiger partial charge in [-0.05, 0) is 36.7 Å². The second-order valence-electron chi connectivity index (χ2n) is 4.31. The van der Waals surface area contributed by atoms with Gasteiger partial charge in [-0.1, -0.05) is 29.3 Å². The van der Waals surface area contributed by atoms with E-state index >= 15 is 0 Å². The maximum Gasteiger partial charge on any atom is 0.231 e. The molecule has 0 aliphatic rings. The van der Waals surface area contributed by atoms with Gasteiger partial charge in [0.25, 0.3) is 0 Å². The van der Waals surface area contributed by atoms with E-state index in [1.54, 1.807) is 0 Å². The molecule has 0 unspecified atom stereocenters. The van der Waals surface area contributed by atoms with Crippen LogP contribution < -0.4 is 5.73 Å². The SMILES string of the molecule is CCCCN(CC(N)=O)Cc1cc(F)cc(Br)c1. The van der Waals surface area contributed by atoms with Gasteiger partial charge in [0.05, 0.1) is 6.54 Å². The summed E-state index contributed by atoms with van der Waals surface area (Å²) in [5, 5.41) is 0. The lowest BCUT2D eigenvalue weighted by Gasteiger charge is -2.20. The lowest BCUT2D eigenvalue weighted by Crippen LogP contribution is -2.34. The van der Waals surface area contributed by atoms with Gasteiger partial charge in [0, 0.05) is 11.0 Å².